The quantitative estimate of drug-likeness (QED) is 0.741. The Morgan fingerprint density at radius 3 is 2.62 bits per heavy atom. The molecule has 0 atom stereocenters. The molecule has 1 heterocycles. The van der Waals surface area contributed by atoms with Crippen LogP contribution in [0.4, 0.5) is 8.78 Å². The van der Waals surface area contributed by atoms with Crippen LogP contribution in [0.25, 0.3) is 0 Å². The SMILES string of the molecule is Cc1nc(CO)cc(C(F)F)c1O. The minimum absolute atomic E-state index is 0.0989. The van der Waals surface area contributed by atoms with Crippen molar-refractivity contribution in [3.8, 4) is 5.75 Å². The molecule has 0 fully saturated rings. The lowest BCUT2D eigenvalue weighted by molar-refractivity contribution is 0.146. The van der Waals surface area contributed by atoms with Crippen LogP contribution in [0, 0.1) is 6.92 Å². The largest absolute Gasteiger partial charge is 0.506 e. The van der Waals surface area contributed by atoms with Crippen LogP contribution < -0.4 is 0 Å². The molecule has 0 bridgehead atoms. The lowest BCUT2D eigenvalue weighted by Crippen LogP contribution is -1.97. The Bertz CT molecular complexity index is 315. The van der Waals surface area contributed by atoms with Gasteiger partial charge in [-0.25, -0.2) is 8.78 Å². The molecule has 5 heteroatoms. The van der Waals surface area contributed by atoms with Crippen LogP contribution in [0.2, 0.25) is 0 Å². The highest BCUT2D eigenvalue weighted by molar-refractivity contribution is 5.37. The minimum Gasteiger partial charge on any atom is -0.506 e. The number of aliphatic hydroxyl groups is 1. The molecule has 0 saturated carbocycles. The van der Waals surface area contributed by atoms with Crippen LogP contribution in [-0.4, -0.2) is 15.2 Å². The number of pyridine rings is 1. The normalized spacial score (nSPS) is 10.8. The molecule has 0 radical (unpaired) electrons. The van der Waals surface area contributed by atoms with E-state index in [2.05, 4.69) is 4.98 Å². The van der Waals surface area contributed by atoms with E-state index in [9.17, 15) is 8.78 Å². The Labute approximate surface area is 73.7 Å². The maximum atomic E-state index is 12.3. The zero-order chi connectivity index (χ0) is 10.0. The lowest BCUT2D eigenvalue weighted by Gasteiger charge is -2.07. The average Bonchev–Trinajstić information content (AvgIpc) is 2.09. The van der Waals surface area contributed by atoms with Crippen molar-refractivity contribution in [2.24, 2.45) is 0 Å². The molecule has 72 valence electrons. The van der Waals surface area contributed by atoms with Gasteiger partial charge in [-0.15, -0.1) is 0 Å². The molecule has 0 aliphatic heterocycles. The van der Waals surface area contributed by atoms with Gasteiger partial charge in [0.05, 0.1) is 23.6 Å². The molecule has 0 spiro atoms. The van der Waals surface area contributed by atoms with E-state index in [-0.39, 0.29) is 11.4 Å². The van der Waals surface area contributed by atoms with Gasteiger partial charge >= 0.3 is 0 Å². The van der Waals surface area contributed by atoms with Gasteiger partial charge in [0, 0.05) is 0 Å². The van der Waals surface area contributed by atoms with Crippen molar-refractivity contribution in [1.82, 2.24) is 4.98 Å². The molecule has 2 N–H and O–H groups in total. The number of alkyl halides is 2. The molecule has 0 aliphatic carbocycles. The first-order valence-electron chi connectivity index (χ1n) is 3.64. The van der Waals surface area contributed by atoms with Gasteiger partial charge < -0.3 is 10.2 Å². The number of aromatic hydroxyl groups is 1. The zero-order valence-corrected chi connectivity index (χ0v) is 6.96. The minimum atomic E-state index is -2.76. The smallest absolute Gasteiger partial charge is 0.267 e. The van der Waals surface area contributed by atoms with Crippen LogP contribution in [-0.2, 0) is 6.61 Å². The summed E-state index contributed by atoms with van der Waals surface area (Å²) < 4.78 is 24.5. The summed E-state index contributed by atoms with van der Waals surface area (Å²) in [6.07, 6.45) is -2.76. The van der Waals surface area contributed by atoms with Gasteiger partial charge in [-0.3, -0.25) is 4.98 Å². The van der Waals surface area contributed by atoms with Gasteiger partial charge in [-0.1, -0.05) is 0 Å². The Balaban J connectivity index is 3.25. The first-order chi connectivity index (χ1) is 6.06. The van der Waals surface area contributed by atoms with Crippen LogP contribution in [0.3, 0.4) is 0 Å². The summed E-state index contributed by atoms with van der Waals surface area (Å²) in [5.41, 5.74) is -0.260. The first kappa shape index (κ1) is 9.85. The van der Waals surface area contributed by atoms with Crippen molar-refractivity contribution in [1.29, 1.82) is 0 Å². The Morgan fingerprint density at radius 2 is 2.15 bits per heavy atom. The molecular formula is C8H9F2NO2. The van der Waals surface area contributed by atoms with Gasteiger partial charge in [0.15, 0.2) is 0 Å². The van der Waals surface area contributed by atoms with Crippen molar-refractivity contribution in [2.75, 3.05) is 0 Å². The Morgan fingerprint density at radius 1 is 1.54 bits per heavy atom. The van der Waals surface area contributed by atoms with E-state index in [0.29, 0.717) is 0 Å². The fourth-order valence-corrected chi connectivity index (χ4v) is 1.00. The topological polar surface area (TPSA) is 53.4 Å². The average molecular weight is 189 g/mol. The number of nitrogens with zero attached hydrogens (tertiary/aromatic N) is 1. The monoisotopic (exact) mass is 189 g/mol. The number of hydrogen-bond acceptors (Lipinski definition) is 3. The Kier molecular flexibility index (Phi) is 2.77. The van der Waals surface area contributed by atoms with Gasteiger partial charge in [-0.05, 0) is 13.0 Å². The number of aliphatic hydroxyl groups excluding tert-OH is 1. The maximum Gasteiger partial charge on any atom is 0.267 e. The molecule has 3 nitrogen and oxygen atoms in total. The first-order valence-corrected chi connectivity index (χ1v) is 3.64. The number of rotatable bonds is 2. The molecule has 0 amide bonds. The van der Waals surface area contributed by atoms with E-state index < -0.39 is 24.3 Å². The van der Waals surface area contributed by atoms with Gasteiger partial charge in [0.25, 0.3) is 6.43 Å². The maximum absolute atomic E-state index is 12.3. The van der Waals surface area contributed by atoms with E-state index in [1.807, 2.05) is 0 Å². The van der Waals surface area contributed by atoms with Crippen LogP contribution in [0.15, 0.2) is 6.07 Å². The highest BCUT2D eigenvalue weighted by Crippen LogP contribution is 2.30. The van der Waals surface area contributed by atoms with E-state index >= 15 is 0 Å². The third-order valence-electron chi connectivity index (χ3n) is 1.65. The summed E-state index contributed by atoms with van der Waals surface area (Å²) in [6, 6.07) is 0.993. The standard InChI is InChI=1S/C8H9F2NO2/c1-4-7(13)6(8(9)10)2-5(3-12)11-4/h2,8,12-13H,3H2,1H3. The fraction of sp³-hybridized carbons (Fsp3) is 0.375. The molecule has 1 aromatic heterocycles. The van der Waals surface area contributed by atoms with Crippen molar-refractivity contribution < 1.29 is 19.0 Å². The van der Waals surface area contributed by atoms with Crippen molar-refractivity contribution in [3.63, 3.8) is 0 Å². The molecule has 1 aromatic rings. The highest BCUT2D eigenvalue weighted by Gasteiger charge is 2.16. The van der Waals surface area contributed by atoms with E-state index in [1.165, 1.54) is 6.92 Å². The van der Waals surface area contributed by atoms with Crippen molar-refractivity contribution in [3.05, 3.63) is 23.0 Å². The predicted molar refractivity (Wildman–Crippen MR) is 41.5 cm³/mol. The summed E-state index contributed by atoms with van der Waals surface area (Å²) in [5, 5.41) is 17.8. The summed E-state index contributed by atoms with van der Waals surface area (Å²) in [5.74, 6) is -0.507. The van der Waals surface area contributed by atoms with Gasteiger partial charge in [-0.2, -0.15) is 0 Å². The number of aromatic nitrogens is 1. The van der Waals surface area contributed by atoms with Gasteiger partial charge in [0.1, 0.15) is 5.75 Å². The molecule has 0 aliphatic rings. The summed E-state index contributed by atoms with van der Waals surface area (Å²) in [4.78, 5) is 3.70. The highest BCUT2D eigenvalue weighted by atomic mass is 19.3. The van der Waals surface area contributed by atoms with Gasteiger partial charge in [0.2, 0.25) is 0 Å². The van der Waals surface area contributed by atoms with Crippen LogP contribution in [0.5, 0.6) is 5.75 Å². The molecule has 0 aromatic carbocycles. The van der Waals surface area contributed by atoms with E-state index in [0.717, 1.165) is 6.07 Å². The van der Waals surface area contributed by atoms with Crippen LogP contribution >= 0.6 is 0 Å². The molecular weight excluding hydrogens is 180 g/mol. The number of aryl methyl sites for hydroxylation is 1. The molecule has 0 unspecified atom stereocenters. The summed E-state index contributed by atoms with van der Waals surface area (Å²) in [7, 11) is 0. The van der Waals surface area contributed by atoms with Crippen molar-refractivity contribution in [2.45, 2.75) is 20.0 Å². The number of hydrogen-bond donors (Lipinski definition) is 2. The fourth-order valence-electron chi connectivity index (χ4n) is 1.00. The van der Waals surface area contributed by atoms with E-state index in [1.54, 1.807) is 0 Å². The molecule has 13 heavy (non-hydrogen) atoms. The lowest BCUT2D eigenvalue weighted by atomic mass is 10.2. The third kappa shape index (κ3) is 1.92. The van der Waals surface area contributed by atoms with Crippen molar-refractivity contribution >= 4 is 0 Å². The second-order valence-electron chi connectivity index (χ2n) is 2.60. The second kappa shape index (κ2) is 3.66. The summed E-state index contributed by atoms with van der Waals surface area (Å²) >= 11 is 0. The Hall–Kier alpha value is -1.23. The number of halogens is 2. The second-order valence-corrected chi connectivity index (χ2v) is 2.60. The summed E-state index contributed by atoms with van der Waals surface area (Å²) in [6.45, 7) is 0.987. The molecule has 0 saturated heterocycles. The molecule has 1 rings (SSSR count). The van der Waals surface area contributed by atoms with E-state index in [4.69, 9.17) is 10.2 Å². The predicted octanol–water partition coefficient (Wildman–Crippen LogP) is 1.53. The zero-order valence-electron chi connectivity index (χ0n) is 6.96. The third-order valence-corrected chi connectivity index (χ3v) is 1.65. The van der Waals surface area contributed by atoms with Crippen LogP contribution in [0.1, 0.15) is 23.4 Å².